The number of likely N-dealkylation sites (tertiary alicyclic amines) is 1. The molecular formula is C38H58N6O7S. The molecule has 2 aliphatic carbocycles. The molecule has 2 unspecified atom stereocenters. The molecule has 1 saturated heterocycles. The number of Topliss-reactive ketones (excluding diaryl/α,β-unsaturated/α-hetero) is 1. The van der Waals surface area contributed by atoms with Crippen molar-refractivity contribution in [1.29, 1.82) is 0 Å². The lowest BCUT2D eigenvalue weighted by Crippen LogP contribution is -2.62. The Morgan fingerprint density at radius 3 is 2.35 bits per heavy atom. The molecule has 14 heteroatoms. The lowest BCUT2D eigenvalue weighted by molar-refractivity contribution is -0.144. The number of hydrogen-bond acceptors (Lipinski definition) is 7. The van der Waals surface area contributed by atoms with Crippen LogP contribution < -0.4 is 26.6 Å². The van der Waals surface area contributed by atoms with E-state index in [2.05, 4.69) is 33.2 Å². The van der Waals surface area contributed by atoms with Crippen molar-refractivity contribution >= 4 is 40.6 Å². The first kappa shape index (κ1) is 41.1. The summed E-state index contributed by atoms with van der Waals surface area (Å²) >= 11 is -2.13. The molecule has 4 rings (SSSR count). The van der Waals surface area contributed by atoms with E-state index in [9.17, 15) is 32.7 Å². The Kier molecular flexibility index (Phi) is 14.6. The predicted octanol–water partition coefficient (Wildman–Crippen LogP) is 3.56. The van der Waals surface area contributed by atoms with E-state index < -0.39 is 58.2 Å². The number of amides is 5. The van der Waals surface area contributed by atoms with Crippen LogP contribution in [-0.4, -0.2) is 87.0 Å². The van der Waals surface area contributed by atoms with Gasteiger partial charge in [-0.3, -0.25) is 19.2 Å². The Bertz CT molecular complexity index is 1490. The minimum absolute atomic E-state index is 0.135. The van der Waals surface area contributed by atoms with Crippen LogP contribution in [0.15, 0.2) is 41.8 Å². The molecule has 0 bridgehead atoms. The highest BCUT2D eigenvalue weighted by molar-refractivity contribution is 7.79. The first-order valence-corrected chi connectivity index (χ1v) is 19.8. The Labute approximate surface area is 310 Å². The second-order valence-electron chi connectivity index (χ2n) is 16.0. The summed E-state index contributed by atoms with van der Waals surface area (Å²) in [4.78, 5) is 69.6. The minimum atomic E-state index is -2.13. The summed E-state index contributed by atoms with van der Waals surface area (Å²) in [7, 11) is 0. The van der Waals surface area contributed by atoms with Gasteiger partial charge >= 0.3 is 6.03 Å². The summed E-state index contributed by atoms with van der Waals surface area (Å²) in [6.07, 6.45) is 9.06. The molecule has 0 aromatic heterocycles. The largest absolute Gasteiger partial charge is 0.346 e. The fraction of sp³-hybridized carbons (Fsp3) is 0.658. The standard InChI is InChI=1S/C38H58N6O7S/c1-6-20-40-34(47)31(45)27(22-25-16-17-25)41-33(46)28-14-12-21-44(28)35(48)32(38(5)18-10-7-11-19-38)43-36(49)42-30(37(2,3)4)24-39-23-26-13-8-9-15-29(26)52(50)51/h6,8-9,13,15,25,27-28,30,32,39H,1,7,10-12,14,16-24H2,2-5H3,(H,40,47)(H,41,46)(H,50,51)(H2,42,43,49)/t27?,28-,30+,32+/m0/s1. The van der Waals surface area contributed by atoms with Crippen LogP contribution in [0, 0.1) is 16.7 Å². The Morgan fingerprint density at radius 2 is 1.71 bits per heavy atom. The summed E-state index contributed by atoms with van der Waals surface area (Å²) in [5, 5.41) is 14.8. The molecule has 5 atom stereocenters. The molecule has 1 aliphatic heterocycles. The molecule has 0 radical (unpaired) electrons. The molecule has 1 aromatic rings. The number of benzene rings is 1. The van der Waals surface area contributed by atoms with E-state index in [1.165, 1.54) is 6.08 Å². The molecule has 1 heterocycles. The molecule has 1 aromatic carbocycles. The quantitative estimate of drug-likeness (QED) is 0.0795. The zero-order valence-corrected chi connectivity index (χ0v) is 31.9. The normalized spacial score (nSPS) is 20.9. The maximum absolute atomic E-state index is 14.5. The van der Waals surface area contributed by atoms with Gasteiger partial charge in [0.2, 0.25) is 17.6 Å². The number of carbonyl (C=O) groups is 5. The number of nitrogens with zero attached hydrogens (tertiary/aromatic N) is 1. The fourth-order valence-corrected chi connectivity index (χ4v) is 7.88. The second kappa shape index (κ2) is 18.4. The van der Waals surface area contributed by atoms with Crippen molar-refractivity contribution in [3.8, 4) is 0 Å². The average molecular weight is 743 g/mol. The van der Waals surface area contributed by atoms with E-state index in [1.54, 1.807) is 29.2 Å². The lowest BCUT2D eigenvalue weighted by Gasteiger charge is -2.42. The summed E-state index contributed by atoms with van der Waals surface area (Å²) in [6, 6.07) is 3.31. The highest BCUT2D eigenvalue weighted by Crippen LogP contribution is 2.40. The fourth-order valence-electron chi connectivity index (χ4n) is 7.32. The first-order valence-electron chi connectivity index (χ1n) is 18.6. The summed E-state index contributed by atoms with van der Waals surface area (Å²) in [6.45, 7) is 12.7. The number of rotatable bonds is 17. The molecule has 0 spiro atoms. The zero-order valence-electron chi connectivity index (χ0n) is 31.1. The van der Waals surface area contributed by atoms with Crippen molar-refractivity contribution < 1.29 is 32.7 Å². The van der Waals surface area contributed by atoms with Crippen LogP contribution in [0.2, 0.25) is 0 Å². The van der Waals surface area contributed by atoms with Gasteiger partial charge in [0.05, 0.1) is 10.9 Å². The molecule has 52 heavy (non-hydrogen) atoms. The highest BCUT2D eigenvalue weighted by atomic mass is 32.2. The number of carbonyl (C=O) groups excluding carboxylic acids is 5. The second-order valence-corrected chi connectivity index (χ2v) is 16.9. The minimum Gasteiger partial charge on any atom is -0.346 e. The Balaban J connectivity index is 1.47. The third-order valence-corrected chi connectivity index (χ3v) is 11.5. The SMILES string of the molecule is C=CCNC(=O)C(=O)C(CC1CC1)NC(=O)[C@@H]1CCCN1C(=O)[C@@H](NC(=O)N[C@H](CNCc1ccccc1S(=O)O)C(C)(C)C)C1(C)CCCCC1. The average Bonchev–Trinajstić information content (AvgIpc) is 3.78. The smallest absolute Gasteiger partial charge is 0.315 e. The number of ketones is 1. The van der Waals surface area contributed by atoms with E-state index in [0.717, 1.165) is 44.9 Å². The molecule has 3 fully saturated rings. The van der Waals surface area contributed by atoms with Crippen molar-refractivity contribution in [3.05, 3.63) is 42.5 Å². The number of urea groups is 1. The van der Waals surface area contributed by atoms with Gasteiger partial charge in [0, 0.05) is 32.2 Å². The molecule has 288 valence electrons. The van der Waals surface area contributed by atoms with Crippen molar-refractivity contribution in [1.82, 2.24) is 31.5 Å². The summed E-state index contributed by atoms with van der Waals surface area (Å²) in [5.41, 5.74) is -0.240. The maximum Gasteiger partial charge on any atom is 0.315 e. The van der Waals surface area contributed by atoms with E-state index in [1.807, 2.05) is 27.7 Å². The van der Waals surface area contributed by atoms with Crippen LogP contribution in [0.3, 0.4) is 0 Å². The molecule has 5 amide bonds. The van der Waals surface area contributed by atoms with Gasteiger partial charge < -0.3 is 36.0 Å². The van der Waals surface area contributed by atoms with Crippen molar-refractivity contribution in [2.45, 2.75) is 128 Å². The summed E-state index contributed by atoms with van der Waals surface area (Å²) < 4.78 is 21.5. The third kappa shape index (κ3) is 11.2. The van der Waals surface area contributed by atoms with Gasteiger partial charge in [-0.15, -0.1) is 6.58 Å². The van der Waals surface area contributed by atoms with Crippen LogP contribution in [-0.2, 0) is 36.8 Å². The van der Waals surface area contributed by atoms with Crippen LogP contribution in [0.4, 0.5) is 4.79 Å². The predicted molar refractivity (Wildman–Crippen MR) is 199 cm³/mol. The maximum atomic E-state index is 14.5. The molecule has 13 nitrogen and oxygen atoms in total. The molecule has 3 aliphatic rings. The number of hydrogen-bond donors (Lipinski definition) is 6. The molecule has 2 saturated carbocycles. The van der Waals surface area contributed by atoms with Crippen LogP contribution >= 0.6 is 0 Å². The van der Waals surface area contributed by atoms with Gasteiger partial charge in [-0.25, -0.2) is 9.00 Å². The van der Waals surface area contributed by atoms with E-state index in [4.69, 9.17) is 0 Å². The van der Waals surface area contributed by atoms with Gasteiger partial charge in [-0.1, -0.05) is 84.1 Å². The molecule has 6 N–H and O–H groups in total. The van der Waals surface area contributed by atoms with Gasteiger partial charge in [0.15, 0.2) is 11.1 Å². The Hall–Kier alpha value is -3.62. The van der Waals surface area contributed by atoms with Crippen molar-refractivity contribution in [2.24, 2.45) is 16.7 Å². The zero-order chi connectivity index (χ0) is 38.1. The summed E-state index contributed by atoms with van der Waals surface area (Å²) in [5.74, 6) is -2.02. The lowest BCUT2D eigenvalue weighted by atomic mass is 9.70. The van der Waals surface area contributed by atoms with Crippen LogP contribution in [0.1, 0.15) is 97.5 Å². The topological polar surface area (TPSA) is 186 Å². The van der Waals surface area contributed by atoms with E-state index >= 15 is 0 Å². The Morgan fingerprint density at radius 1 is 1.02 bits per heavy atom. The van der Waals surface area contributed by atoms with Crippen molar-refractivity contribution in [2.75, 3.05) is 19.6 Å². The first-order chi connectivity index (χ1) is 24.6. The van der Waals surface area contributed by atoms with Gasteiger partial charge in [0.1, 0.15) is 12.1 Å². The van der Waals surface area contributed by atoms with E-state index in [0.29, 0.717) is 49.4 Å². The van der Waals surface area contributed by atoms with E-state index in [-0.39, 0.29) is 29.8 Å². The van der Waals surface area contributed by atoms with Crippen molar-refractivity contribution in [3.63, 3.8) is 0 Å². The van der Waals surface area contributed by atoms with Crippen LogP contribution in [0.5, 0.6) is 0 Å². The van der Waals surface area contributed by atoms with Gasteiger partial charge in [0.25, 0.3) is 5.91 Å². The highest BCUT2D eigenvalue weighted by Gasteiger charge is 2.47. The van der Waals surface area contributed by atoms with Gasteiger partial charge in [-0.2, -0.15) is 0 Å². The van der Waals surface area contributed by atoms with Gasteiger partial charge in [-0.05, 0) is 60.5 Å². The number of nitrogens with one attached hydrogen (secondary N) is 5. The molecular weight excluding hydrogens is 685 g/mol. The monoisotopic (exact) mass is 742 g/mol. The van der Waals surface area contributed by atoms with Crippen LogP contribution in [0.25, 0.3) is 0 Å². The third-order valence-electron chi connectivity index (χ3n) is 10.8.